The van der Waals surface area contributed by atoms with Gasteiger partial charge < -0.3 is 29.5 Å². The number of Topliss-reactive ketones (excluding diaryl/α,β-unsaturated/α-hetero) is 1. The van der Waals surface area contributed by atoms with Crippen LogP contribution in [0.4, 0.5) is 0 Å². The van der Waals surface area contributed by atoms with Gasteiger partial charge in [0.2, 0.25) is 0 Å². The predicted molar refractivity (Wildman–Crippen MR) is 261 cm³/mol. The Hall–Kier alpha value is -1.74. The monoisotopic (exact) mass is 977 g/mol. The van der Waals surface area contributed by atoms with E-state index in [1.54, 1.807) is 0 Å². The summed E-state index contributed by atoms with van der Waals surface area (Å²) in [6.45, 7) is 24.6. The molecule has 1 aromatic rings. The Morgan fingerprint density at radius 3 is 2.25 bits per heavy atom. The van der Waals surface area contributed by atoms with Crippen LogP contribution in [0.2, 0.25) is 0 Å². The Kier molecular flexibility index (Phi) is 11.2. The second-order valence-corrected chi connectivity index (χ2v) is 28.5. The molecular formula is C57H84O11S. The van der Waals surface area contributed by atoms with Gasteiger partial charge in [0, 0.05) is 23.2 Å². The maximum atomic E-state index is 13.1. The van der Waals surface area contributed by atoms with Gasteiger partial charge in [-0.3, -0.25) is 9.35 Å². The fraction of sp³-hybridized carbons (Fsp3) is 0.842. The highest BCUT2D eigenvalue weighted by molar-refractivity contribution is 7.80. The van der Waals surface area contributed by atoms with Crippen LogP contribution in [0.5, 0.6) is 0 Å². The summed E-state index contributed by atoms with van der Waals surface area (Å²) in [5.74, 6) is 0.382. The SMILES string of the molecule is C[C@H](CC[C@@H]1O[C@@H]([C@@H](C)C2CCC3C4=C(CC[C@@]32C)[C@@]23COC(O)(C(O)C2)C(C)(C)C3C(OS(=O)(=O)O)C4)C[C@@H]2C[C@@]1(C)OC2(C)C)[C@H]1CCC2c3ccc4c(c3CC[C@@]21C)CC(O)C(=O)C4(C)C. The first-order valence-corrected chi connectivity index (χ1v) is 28.5. The first-order valence-electron chi connectivity index (χ1n) is 27.2. The van der Waals surface area contributed by atoms with E-state index in [0.717, 1.165) is 69.8 Å². The summed E-state index contributed by atoms with van der Waals surface area (Å²) >= 11 is 0. The van der Waals surface area contributed by atoms with Crippen molar-refractivity contribution in [3.63, 3.8) is 0 Å². The molecule has 4 heterocycles. The molecule has 11 aliphatic rings. The number of hydrogen-bond donors (Lipinski definition) is 4. The third kappa shape index (κ3) is 6.89. The lowest BCUT2D eigenvalue weighted by Gasteiger charge is -2.69. The van der Waals surface area contributed by atoms with Crippen LogP contribution in [0.1, 0.15) is 188 Å². The average molecular weight is 977 g/mol. The summed E-state index contributed by atoms with van der Waals surface area (Å²) in [4.78, 5) is 13.1. The summed E-state index contributed by atoms with van der Waals surface area (Å²) in [7, 11) is -4.81. The Morgan fingerprint density at radius 2 is 1.54 bits per heavy atom. The molecule has 1 aromatic carbocycles. The average Bonchev–Trinajstić information content (AvgIpc) is 3.84. The van der Waals surface area contributed by atoms with Crippen LogP contribution in [0.3, 0.4) is 0 Å². The number of aliphatic hydroxyl groups is 3. The molecule has 18 atom stereocenters. The number of hydrogen-bond acceptors (Lipinski definition) is 10. The van der Waals surface area contributed by atoms with Gasteiger partial charge in [-0.1, -0.05) is 64.8 Å². The quantitative estimate of drug-likeness (QED) is 0.145. The molecular weight excluding hydrogens is 893 g/mol. The van der Waals surface area contributed by atoms with Crippen molar-refractivity contribution in [3.05, 3.63) is 45.5 Å². The molecule has 11 nitrogen and oxygen atoms in total. The van der Waals surface area contributed by atoms with Gasteiger partial charge in [-0.05, 0) is 199 Å². The number of benzene rings is 1. The number of ether oxygens (including phenoxy) is 3. The van der Waals surface area contributed by atoms with Gasteiger partial charge in [-0.25, -0.2) is 4.18 Å². The first kappa shape index (κ1) is 49.5. The molecule has 8 unspecified atom stereocenters. The van der Waals surface area contributed by atoms with Crippen molar-refractivity contribution in [2.45, 2.75) is 231 Å². The minimum absolute atomic E-state index is 0.0373. The molecule has 4 N–H and O–H groups in total. The molecule has 384 valence electrons. The number of carbonyl (C=O) groups is 1. The number of fused-ring (bicyclic) bond motifs is 11. The fourth-order valence-electron chi connectivity index (χ4n) is 19.8. The van der Waals surface area contributed by atoms with Crippen molar-refractivity contribution in [1.82, 2.24) is 0 Å². The van der Waals surface area contributed by atoms with Crippen LogP contribution in [0.25, 0.3) is 0 Å². The van der Waals surface area contributed by atoms with Crippen molar-refractivity contribution in [1.29, 1.82) is 0 Å². The zero-order valence-corrected chi connectivity index (χ0v) is 44.3. The zero-order chi connectivity index (χ0) is 49.6. The molecule has 7 fully saturated rings. The van der Waals surface area contributed by atoms with Gasteiger partial charge in [-0.15, -0.1) is 0 Å². The van der Waals surface area contributed by atoms with Crippen LogP contribution in [0.15, 0.2) is 23.3 Å². The maximum Gasteiger partial charge on any atom is 0.397 e. The van der Waals surface area contributed by atoms with Crippen molar-refractivity contribution in [2.24, 2.45) is 63.1 Å². The topological polar surface area (TPSA) is 169 Å². The Morgan fingerprint density at radius 1 is 0.855 bits per heavy atom. The van der Waals surface area contributed by atoms with Gasteiger partial charge in [0.25, 0.3) is 0 Å². The molecule has 0 aromatic heterocycles. The Balaban J connectivity index is 0.833. The van der Waals surface area contributed by atoms with E-state index in [1.807, 2.05) is 27.7 Å². The maximum absolute atomic E-state index is 13.1. The third-order valence-corrected chi connectivity index (χ3v) is 23.7. The van der Waals surface area contributed by atoms with Gasteiger partial charge >= 0.3 is 10.4 Å². The summed E-state index contributed by atoms with van der Waals surface area (Å²) in [6, 6.07) is 4.56. The smallest absolute Gasteiger partial charge is 0.387 e. The lowest BCUT2D eigenvalue weighted by molar-refractivity contribution is -0.408. The predicted octanol–water partition coefficient (Wildman–Crippen LogP) is 9.51. The molecule has 7 aliphatic carbocycles. The van der Waals surface area contributed by atoms with Crippen LogP contribution in [-0.4, -0.2) is 88.2 Å². The lowest BCUT2D eigenvalue weighted by Crippen LogP contribution is -2.76. The molecule has 4 saturated heterocycles. The normalized spacial score (nSPS) is 47.6. The van der Waals surface area contributed by atoms with E-state index < -0.39 is 56.7 Å². The van der Waals surface area contributed by atoms with Crippen LogP contribution < -0.4 is 0 Å². The van der Waals surface area contributed by atoms with Gasteiger partial charge in [0.15, 0.2) is 11.6 Å². The molecule has 69 heavy (non-hydrogen) atoms. The summed E-state index contributed by atoms with van der Waals surface area (Å²) in [5.41, 5.74) is 4.73. The van der Waals surface area contributed by atoms with E-state index in [0.29, 0.717) is 42.4 Å². The molecule has 1 spiro atoms. The number of ketones is 1. The molecule has 4 bridgehead atoms. The van der Waals surface area contributed by atoms with Crippen LogP contribution in [-0.2, 0) is 51.8 Å². The number of rotatable bonds is 8. The van der Waals surface area contributed by atoms with E-state index in [-0.39, 0.29) is 64.9 Å². The molecule has 0 radical (unpaired) electrons. The number of carbonyl (C=O) groups excluding carboxylic acids is 1. The molecule has 12 heteroatoms. The second kappa shape index (κ2) is 15.7. The number of aliphatic hydroxyl groups excluding tert-OH is 2. The van der Waals surface area contributed by atoms with E-state index >= 15 is 0 Å². The van der Waals surface area contributed by atoms with Crippen molar-refractivity contribution >= 4 is 16.2 Å². The Bertz CT molecular complexity index is 2440. The van der Waals surface area contributed by atoms with Gasteiger partial charge in [0.05, 0.1) is 41.5 Å². The summed E-state index contributed by atoms with van der Waals surface area (Å²) in [5, 5.41) is 34.1. The first-order chi connectivity index (χ1) is 32.0. The highest BCUT2D eigenvalue weighted by atomic mass is 32.3. The third-order valence-electron chi connectivity index (χ3n) is 23.2. The summed E-state index contributed by atoms with van der Waals surface area (Å²) < 4.78 is 61.8. The fourth-order valence-corrected chi connectivity index (χ4v) is 20.3. The molecule has 0 amide bonds. The highest BCUT2D eigenvalue weighted by Gasteiger charge is 2.74. The van der Waals surface area contributed by atoms with Gasteiger partial charge in [0.1, 0.15) is 12.2 Å². The molecule has 12 rings (SSSR count). The van der Waals surface area contributed by atoms with E-state index in [2.05, 4.69) is 60.6 Å². The minimum Gasteiger partial charge on any atom is -0.387 e. The second-order valence-electron chi connectivity index (χ2n) is 27.4. The van der Waals surface area contributed by atoms with E-state index in [1.165, 1.54) is 40.7 Å². The van der Waals surface area contributed by atoms with Crippen LogP contribution >= 0.6 is 0 Å². The van der Waals surface area contributed by atoms with E-state index in [4.69, 9.17) is 18.4 Å². The standard InChI is InChI=1S/C57H84O11S/c1-30(37-15-17-40-34-13-14-39-35(33(34)20-22-53(37,40)9)25-43(58)49(60)50(39,3)4)12-19-47-55(11)27-32(52(7,8)68-55)24-44(66-47)31(2)38-16-18-41-36-26-45(67-69(62,63)64)48-51(5,6)57(61)46(59)28-56(48,29-65-57)42(36)21-23-54(38,41)10/h13-14,30-32,37-38,40-41,43-48,58-59,61H,12,15-29H2,1-11H3,(H,62,63,64)/t30-,31+,32-,37-,38?,40?,41?,43?,44-,45?,46?,47+,48?,53-,54-,55-,56+,57?/m1/s1. The molecule has 3 saturated carbocycles. The van der Waals surface area contributed by atoms with Crippen molar-refractivity contribution < 1.29 is 51.5 Å². The zero-order valence-electron chi connectivity index (χ0n) is 43.5. The van der Waals surface area contributed by atoms with Crippen molar-refractivity contribution in [2.75, 3.05) is 6.61 Å². The van der Waals surface area contributed by atoms with Crippen molar-refractivity contribution in [3.8, 4) is 0 Å². The minimum atomic E-state index is -4.81. The molecule has 4 aliphatic heterocycles. The largest absolute Gasteiger partial charge is 0.397 e. The van der Waals surface area contributed by atoms with Crippen LogP contribution in [0, 0.1) is 63.1 Å². The Labute approximate surface area is 412 Å². The summed E-state index contributed by atoms with van der Waals surface area (Å²) in [6.07, 6.45) is 10.4. The lowest BCUT2D eigenvalue weighted by atomic mass is 9.42. The highest BCUT2D eigenvalue weighted by Crippen LogP contribution is 2.72. The van der Waals surface area contributed by atoms with Gasteiger partial charge in [-0.2, -0.15) is 8.42 Å². The van der Waals surface area contributed by atoms with E-state index in [9.17, 15) is 33.1 Å².